The van der Waals surface area contributed by atoms with Crippen molar-refractivity contribution >= 4 is 30.1 Å². The molecule has 0 radical (unpaired) electrons. The molecule has 0 unspecified atom stereocenters. The summed E-state index contributed by atoms with van der Waals surface area (Å²) in [5.74, 6) is -0.779. The molecule has 0 rings (SSSR count). The van der Waals surface area contributed by atoms with E-state index in [9.17, 15) is 14.7 Å². The number of hydrogen-bond donors (Lipinski definition) is 1. The maximum atomic E-state index is 12.1. The summed E-state index contributed by atoms with van der Waals surface area (Å²) in [5.41, 5.74) is -0.595. The van der Waals surface area contributed by atoms with E-state index in [1.807, 2.05) is 6.08 Å². The average molecular weight is 503 g/mol. The van der Waals surface area contributed by atoms with Gasteiger partial charge in [-0.3, -0.25) is 0 Å². The Morgan fingerprint density at radius 3 is 1.82 bits per heavy atom. The molecule has 0 aliphatic heterocycles. The summed E-state index contributed by atoms with van der Waals surface area (Å²) in [4.78, 5) is 23.9. The molecule has 1 atom stereocenters. The average Bonchev–Trinajstić information content (AvgIpc) is 2.58. The van der Waals surface area contributed by atoms with Crippen LogP contribution in [0, 0.1) is 0 Å². The standard InChI is InChI=1S/C11H17O4.3C4H9.Sn/c1-5-8(12)6-9(13)7-10(14)15-11(2,3)4;3*1-3-4-2;/h1,5,8,12H,6-7H2,2-4H3;3*1,3-4H2,2H3;/t8-;;;;/m1..../s1. The monoisotopic (exact) mass is 504 g/mol. The van der Waals surface area contributed by atoms with Gasteiger partial charge in [-0.1, -0.05) is 0 Å². The van der Waals surface area contributed by atoms with Gasteiger partial charge < -0.3 is 0 Å². The second-order valence-electron chi connectivity index (χ2n) is 9.11. The molecule has 0 aromatic rings. The van der Waals surface area contributed by atoms with Crippen LogP contribution in [0.3, 0.4) is 0 Å². The van der Waals surface area contributed by atoms with Gasteiger partial charge in [0.2, 0.25) is 0 Å². The van der Waals surface area contributed by atoms with Crippen LogP contribution in [-0.4, -0.2) is 46.9 Å². The van der Waals surface area contributed by atoms with Crippen molar-refractivity contribution in [3.63, 3.8) is 0 Å². The Kier molecular flexibility index (Phi) is 14.4. The number of carbonyl (C=O) groups is 2. The van der Waals surface area contributed by atoms with Gasteiger partial charge in [0.1, 0.15) is 0 Å². The molecular formula is C23H44O4Sn. The first-order valence-corrected chi connectivity index (χ1v) is 18.9. The van der Waals surface area contributed by atoms with Crippen LogP contribution in [0.2, 0.25) is 13.3 Å². The fraction of sp³-hybridized carbons (Fsp3) is 0.826. The van der Waals surface area contributed by atoms with Crippen molar-refractivity contribution in [3.8, 4) is 0 Å². The number of Topliss-reactive ketones (excluding diaryl/α,β-unsaturated/α-hetero) is 1. The minimum atomic E-state index is -2.44. The van der Waals surface area contributed by atoms with E-state index in [1.165, 1.54) is 51.8 Å². The number of rotatable bonds is 15. The number of carbonyl (C=O) groups excluding carboxylic acids is 2. The summed E-state index contributed by atoms with van der Waals surface area (Å²) in [6.45, 7) is 12.1. The summed E-state index contributed by atoms with van der Waals surface area (Å²) in [7, 11) is 0. The van der Waals surface area contributed by atoms with E-state index in [4.69, 9.17) is 4.74 Å². The van der Waals surface area contributed by atoms with E-state index in [-0.39, 0.29) is 18.6 Å². The van der Waals surface area contributed by atoms with Crippen molar-refractivity contribution in [1.82, 2.24) is 0 Å². The van der Waals surface area contributed by atoms with E-state index in [2.05, 4.69) is 24.9 Å². The van der Waals surface area contributed by atoms with Crippen LogP contribution in [0.25, 0.3) is 0 Å². The zero-order valence-electron chi connectivity index (χ0n) is 19.2. The summed E-state index contributed by atoms with van der Waals surface area (Å²) < 4.78 is 11.6. The Hall–Kier alpha value is -0.361. The summed E-state index contributed by atoms with van der Waals surface area (Å²) in [6.07, 6.45) is 8.24. The molecule has 0 fully saturated rings. The maximum absolute atomic E-state index is 12.1. The Balaban J connectivity index is 4.93. The first kappa shape index (κ1) is 27.6. The molecule has 0 saturated carbocycles. The van der Waals surface area contributed by atoms with E-state index < -0.39 is 36.1 Å². The number of ketones is 1. The van der Waals surface area contributed by atoms with Gasteiger partial charge >= 0.3 is 178 Å². The fourth-order valence-electron chi connectivity index (χ4n) is 3.44. The Bertz CT molecular complexity index is 458. The minimum absolute atomic E-state index is 0.00692. The first-order valence-electron chi connectivity index (χ1n) is 11.2. The van der Waals surface area contributed by atoms with Gasteiger partial charge in [0, 0.05) is 0 Å². The van der Waals surface area contributed by atoms with Crippen LogP contribution in [0.1, 0.15) is 92.9 Å². The molecule has 0 saturated heterocycles. The number of esters is 1. The second kappa shape index (κ2) is 14.6. The van der Waals surface area contributed by atoms with Gasteiger partial charge in [-0.25, -0.2) is 0 Å². The van der Waals surface area contributed by atoms with Gasteiger partial charge in [0.25, 0.3) is 0 Å². The SMILES string of the molecule is CCC[CH2][Sn]([CH]=C[C@@H](O)CC(=O)CC(=O)OC(C)(C)C)([CH2]CCC)[CH2]CCC. The van der Waals surface area contributed by atoms with Gasteiger partial charge in [-0.05, 0) is 0 Å². The van der Waals surface area contributed by atoms with Gasteiger partial charge in [-0.15, -0.1) is 0 Å². The van der Waals surface area contributed by atoms with Crippen LogP contribution in [0.5, 0.6) is 0 Å². The molecule has 0 aliphatic rings. The topological polar surface area (TPSA) is 63.6 Å². The van der Waals surface area contributed by atoms with E-state index in [0.29, 0.717) is 0 Å². The van der Waals surface area contributed by atoms with Crippen LogP contribution in [-0.2, 0) is 14.3 Å². The molecule has 1 N–H and O–H groups in total. The molecule has 5 heteroatoms. The van der Waals surface area contributed by atoms with Gasteiger partial charge in [0.15, 0.2) is 0 Å². The van der Waals surface area contributed by atoms with Crippen molar-refractivity contribution < 1.29 is 19.4 Å². The number of unbranched alkanes of at least 4 members (excludes halogenated alkanes) is 3. The quantitative estimate of drug-likeness (QED) is 0.170. The van der Waals surface area contributed by atoms with Crippen LogP contribution in [0.15, 0.2) is 10.2 Å². The number of ether oxygens (including phenoxy) is 1. The van der Waals surface area contributed by atoms with Crippen LogP contribution >= 0.6 is 0 Å². The summed E-state index contributed by atoms with van der Waals surface area (Å²) in [6, 6.07) is 0. The molecule has 0 heterocycles. The normalized spacial score (nSPS) is 13.7. The molecular weight excluding hydrogens is 459 g/mol. The van der Waals surface area contributed by atoms with E-state index in [0.717, 1.165) is 0 Å². The zero-order chi connectivity index (χ0) is 21.6. The molecule has 28 heavy (non-hydrogen) atoms. The molecule has 0 aromatic carbocycles. The third kappa shape index (κ3) is 13.8. The van der Waals surface area contributed by atoms with Crippen molar-refractivity contribution in [3.05, 3.63) is 10.2 Å². The summed E-state index contributed by atoms with van der Waals surface area (Å²) in [5, 5.41) is 10.4. The van der Waals surface area contributed by atoms with Crippen molar-refractivity contribution in [1.29, 1.82) is 0 Å². The molecule has 0 aromatic heterocycles. The third-order valence-electron chi connectivity index (χ3n) is 4.95. The molecule has 164 valence electrons. The predicted octanol–water partition coefficient (Wildman–Crippen LogP) is 5.98. The Labute approximate surface area is 177 Å². The Morgan fingerprint density at radius 1 is 0.964 bits per heavy atom. The molecule has 0 bridgehead atoms. The van der Waals surface area contributed by atoms with Crippen molar-refractivity contribution in [2.45, 2.75) is 118 Å². The van der Waals surface area contributed by atoms with Crippen molar-refractivity contribution in [2.75, 3.05) is 0 Å². The summed E-state index contributed by atoms with van der Waals surface area (Å²) >= 11 is -2.44. The molecule has 0 spiro atoms. The molecule has 0 amide bonds. The van der Waals surface area contributed by atoms with Crippen molar-refractivity contribution in [2.24, 2.45) is 0 Å². The molecule has 4 nitrogen and oxygen atoms in total. The fourth-order valence-corrected chi connectivity index (χ4v) is 17.9. The van der Waals surface area contributed by atoms with Gasteiger partial charge in [0.05, 0.1) is 0 Å². The Morgan fingerprint density at radius 2 is 1.43 bits per heavy atom. The first-order chi connectivity index (χ1) is 13.1. The van der Waals surface area contributed by atoms with E-state index in [1.54, 1.807) is 20.8 Å². The van der Waals surface area contributed by atoms with Crippen LogP contribution < -0.4 is 0 Å². The second-order valence-corrected chi connectivity index (χ2v) is 22.1. The zero-order valence-corrected chi connectivity index (χ0v) is 22.0. The van der Waals surface area contributed by atoms with E-state index >= 15 is 0 Å². The third-order valence-corrected chi connectivity index (χ3v) is 19.1. The van der Waals surface area contributed by atoms with Gasteiger partial charge in [-0.2, -0.15) is 0 Å². The predicted molar refractivity (Wildman–Crippen MR) is 120 cm³/mol. The number of hydrogen-bond acceptors (Lipinski definition) is 4. The number of aliphatic hydroxyl groups is 1. The molecule has 0 aliphatic carbocycles. The number of aliphatic hydroxyl groups excluding tert-OH is 1. The van der Waals surface area contributed by atoms with Crippen LogP contribution in [0.4, 0.5) is 0 Å².